The summed E-state index contributed by atoms with van der Waals surface area (Å²) in [5, 5.41) is 6.56. The summed E-state index contributed by atoms with van der Waals surface area (Å²) in [6.45, 7) is 1.53. The van der Waals surface area contributed by atoms with E-state index in [2.05, 4.69) is 15.6 Å². The maximum Gasteiger partial charge on any atom is 0.274 e. The van der Waals surface area contributed by atoms with E-state index in [-0.39, 0.29) is 40.5 Å². The Kier molecular flexibility index (Phi) is 5.75. The Bertz CT molecular complexity index is 1340. The molecule has 10 heteroatoms. The molecule has 3 heterocycles. The highest BCUT2D eigenvalue weighted by atomic mass is 32.1. The Hall–Kier alpha value is -3.66. The third-order valence-electron chi connectivity index (χ3n) is 7.31. The summed E-state index contributed by atoms with van der Waals surface area (Å²) in [4.78, 5) is 33.7. The zero-order valence-corrected chi connectivity index (χ0v) is 20.3. The fraction of sp³-hybridized carbons (Fsp3) is 0.346. The van der Waals surface area contributed by atoms with Crippen LogP contribution in [0.2, 0.25) is 0 Å². The summed E-state index contributed by atoms with van der Waals surface area (Å²) in [5.74, 6) is 0.150. The van der Waals surface area contributed by atoms with E-state index >= 15 is 0 Å². The summed E-state index contributed by atoms with van der Waals surface area (Å²) >= 11 is 1.18. The lowest BCUT2D eigenvalue weighted by Crippen LogP contribution is -2.50. The summed E-state index contributed by atoms with van der Waals surface area (Å²) in [7, 11) is 0. The van der Waals surface area contributed by atoms with Crippen LogP contribution in [-0.4, -0.2) is 53.5 Å². The molecule has 1 aliphatic carbocycles. The topological polar surface area (TPSA) is 110 Å². The quantitative estimate of drug-likeness (QED) is 0.485. The molecule has 3 atom stereocenters. The third kappa shape index (κ3) is 3.95. The number of hydrogen-bond donors (Lipinski definition) is 3. The minimum atomic E-state index is -0.387. The maximum atomic E-state index is 13.9. The molecule has 2 aromatic carbocycles. The number of hydrogen-bond acceptors (Lipinski definition) is 7. The van der Waals surface area contributed by atoms with Crippen LogP contribution in [-0.2, 0) is 0 Å². The molecule has 0 spiro atoms. The van der Waals surface area contributed by atoms with Gasteiger partial charge in [0.2, 0.25) is 0 Å². The van der Waals surface area contributed by atoms with Crippen molar-refractivity contribution in [2.24, 2.45) is 5.92 Å². The standard InChI is InChI=1S/C26H26FN5O3S/c27-16-4-1-3-15(11-16)23-22(31-26(28)36-23)25(34)32-17-8-7-14(12-17)19(32)13-30-24(33)18-5-2-6-20-21(18)29-9-10-35-20/h1-6,11,14,17,19,29H,7-10,12-13H2,(H2,28,31)(H,30,33)/t14-,17+,19+/m0/s1. The number of fused-ring (bicyclic) bond motifs is 3. The van der Waals surface area contributed by atoms with E-state index in [9.17, 15) is 14.0 Å². The van der Waals surface area contributed by atoms with Crippen molar-refractivity contribution in [3.05, 3.63) is 59.5 Å². The molecule has 0 unspecified atom stereocenters. The number of ether oxygens (including phenoxy) is 1. The number of carbonyl (C=O) groups excluding carboxylic acids is 2. The number of amides is 2. The number of aromatic nitrogens is 1. The van der Waals surface area contributed by atoms with E-state index in [4.69, 9.17) is 10.5 Å². The first-order valence-corrected chi connectivity index (χ1v) is 12.9. The predicted octanol–water partition coefficient (Wildman–Crippen LogP) is 3.76. The number of likely N-dealkylation sites (tertiary alicyclic amines) is 1. The van der Waals surface area contributed by atoms with Crippen molar-refractivity contribution in [2.45, 2.75) is 31.3 Å². The second-order valence-electron chi connectivity index (χ2n) is 9.41. The van der Waals surface area contributed by atoms with Crippen molar-refractivity contribution in [1.82, 2.24) is 15.2 Å². The number of piperidine rings is 1. The Morgan fingerprint density at radius 3 is 2.97 bits per heavy atom. The van der Waals surface area contributed by atoms with E-state index in [0.29, 0.717) is 53.1 Å². The first-order chi connectivity index (χ1) is 17.5. The molecule has 0 radical (unpaired) electrons. The first kappa shape index (κ1) is 22.8. The average molecular weight is 508 g/mol. The van der Waals surface area contributed by atoms with Gasteiger partial charge in [0.15, 0.2) is 5.13 Å². The Labute approximate surface area is 211 Å². The highest BCUT2D eigenvalue weighted by Crippen LogP contribution is 2.44. The molecular formula is C26H26FN5O3S. The van der Waals surface area contributed by atoms with Crippen LogP contribution in [0.1, 0.15) is 40.1 Å². The SMILES string of the molecule is Nc1nc(C(=O)N2[C@@H]3CC[C@@H](C3)[C@H]2CNC(=O)c2cccc3c2NCCO3)c(-c2cccc(F)c2)s1. The first-order valence-electron chi connectivity index (χ1n) is 12.1. The van der Waals surface area contributed by atoms with E-state index in [1.54, 1.807) is 24.3 Å². The molecule has 1 saturated heterocycles. The lowest BCUT2D eigenvalue weighted by Gasteiger charge is -2.35. The van der Waals surface area contributed by atoms with Crippen molar-refractivity contribution in [3.63, 3.8) is 0 Å². The Morgan fingerprint density at radius 2 is 2.11 bits per heavy atom. The fourth-order valence-corrected chi connectivity index (χ4v) is 6.58. The van der Waals surface area contributed by atoms with Crippen LogP contribution in [0, 0.1) is 11.7 Å². The number of nitrogens with one attached hydrogen (secondary N) is 2. The fourth-order valence-electron chi connectivity index (χ4n) is 5.75. The summed E-state index contributed by atoms with van der Waals surface area (Å²) in [6.07, 6.45) is 2.83. The van der Waals surface area contributed by atoms with Crippen molar-refractivity contribution in [2.75, 3.05) is 30.7 Å². The molecule has 1 aromatic heterocycles. The molecule has 2 aliphatic heterocycles. The highest BCUT2D eigenvalue weighted by Gasteiger charge is 2.49. The van der Waals surface area contributed by atoms with Gasteiger partial charge in [0.05, 0.1) is 22.2 Å². The van der Waals surface area contributed by atoms with Crippen LogP contribution in [0.15, 0.2) is 42.5 Å². The molecule has 4 N–H and O–H groups in total. The van der Waals surface area contributed by atoms with E-state index in [0.717, 1.165) is 19.3 Å². The minimum Gasteiger partial charge on any atom is -0.490 e. The molecule has 36 heavy (non-hydrogen) atoms. The van der Waals surface area contributed by atoms with E-state index < -0.39 is 0 Å². The van der Waals surface area contributed by atoms with Crippen LogP contribution in [0.3, 0.4) is 0 Å². The monoisotopic (exact) mass is 507 g/mol. The zero-order chi connectivity index (χ0) is 24.8. The molecule has 6 rings (SSSR count). The van der Waals surface area contributed by atoms with Crippen LogP contribution in [0.5, 0.6) is 5.75 Å². The molecule has 2 amide bonds. The summed E-state index contributed by atoms with van der Waals surface area (Å²) in [6, 6.07) is 11.4. The number of nitrogens with zero attached hydrogens (tertiary/aromatic N) is 2. The van der Waals surface area contributed by atoms with Gasteiger partial charge in [-0.1, -0.05) is 29.5 Å². The normalized spacial score (nSPS) is 22.0. The second kappa shape index (κ2) is 9.09. The highest BCUT2D eigenvalue weighted by molar-refractivity contribution is 7.19. The van der Waals surface area contributed by atoms with Gasteiger partial charge in [-0.15, -0.1) is 0 Å². The van der Waals surface area contributed by atoms with Gasteiger partial charge in [-0.25, -0.2) is 9.37 Å². The van der Waals surface area contributed by atoms with Gasteiger partial charge >= 0.3 is 0 Å². The van der Waals surface area contributed by atoms with Gasteiger partial charge in [0.25, 0.3) is 11.8 Å². The number of thiazole rings is 1. The maximum absolute atomic E-state index is 13.9. The van der Waals surface area contributed by atoms with Crippen LogP contribution < -0.4 is 21.1 Å². The van der Waals surface area contributed by atoms with Gasteiger partial charge in [-0.2, -0.15) is 0 Å². The van der Waals surface area contributed by atoms with Crippen molar-refractivity contribution < 1.29 is 18.7 Å². The summed E-state index contributed by atoms with van der Waals surface area (Å²) < 4.78 is 19.6. The van der Waals surface area contributed by atoms with Crippen molar-refractivity contribution in [1.29, 1.82) is 0 Å². The number of nitrogens with two attached hydrogens (primary N) is 1. The number of halogens is 1. The zero-order valence-electron chi connectivity index (χ0n) is 19.5. The number of para-hydroxylation sites is 1. The number of nitrogen functional groups attached to an aromatic ring is 1. The molecule has 8 nitrogen and oxygen atoms in total. The van der Waals surface area contributed by atoms with Crippen molar-refractivity contribution >= 4 is 34.0 Å². The van der Waals surface area contributed by atoms with E-state index in [1.807, 2.05) is 11.0 Å². The largest absolute Gasteiger partial charge is 0.490 e. The number of benzene rings is 2. The molecular weight excluding hydrogens is 481 g/mol. The Balaban J connectivity index is 1.24. The molecule has 3 aliphatic rings. The Morgan fingerprint density at radius 1 is 1.25 bits per heavy atom. The van der Waals surface area contributed by atoms with Gasteiger partial charge < -0.3 is 26.0 Å². The number of rotatable bonds is 5. The average Bonchev–Trinajstić information content (AvgIpc) is 3.61. The molecule has 186 valence electrons. The van der Waals surface area contributed by atoms with Crippen LogP contribution >= 0.6 is 11.3 Å². The van der Waals surface area contributed by atoms with E-state index in [1.165, 1.54) is 23.5 Å². The van der Waals surface area contributed by atoms with Gasteiger partial charge in [-0.05, 0) is 55.0 Å². The molecule has 1 saturated carbocycles. The van der Waals surface area contributed by atoms with Crippen molar-refractivity contribution in [3.8, 4) is 16.2 Å². The van der Waals surface area contributed by atoms with Gasteiger partial charge in [0, 0.05) is 19.1 Å². The molecule has 3 aromatic rings. The lowest BCUT2D eigenvalue weighted by atomic mass is 9.97. The van der Waals surface area contributed by atoms with Crippen LogP contribution in [0.4, 0.5) is 15.2 Å². The second-order valence-corrected chi connectivity index (χ2v) is 10.4. The predicted molar refractivity (Wildman–Crippen MR) is 136 cm³/mol. The van der Waals surface area contributed by atoms with Gasteiger partial charge in [-0.3, -0.25) is 9.59 Å². The number of carbonyl (C=O) groups is 2. The van der Waals surface area contributed by atoms with Crippen LogP contribution in [0.25, 0.3) is 10.4 Å². The smallest absolute Gasteiger partial charge is 0.274 e. The number of anilines is 2. The van der Waals surface area contributed by atoms with Gasteiger partial charge in [0.1, 0.15) is 23.9 Å². The molecule has 2 bridgehead atoms. The summed E-state index contributed by atoms with van der Waals surface area (Å²) in [5.41, 5.74) is 8.02. The third-order valence-corrected chi connectivity index (χ3v) is 8.25. The molecule has 2 fully saturated rings. The lowest BCUT2D eigenvalue weighted by molar-refractivity contribution is 0.0577. The minimum absolute atomic E-state index is 0.0900.